The number of hydrogen-bond donors (Lipinski definition) is 1. The molecule has 0 amide bonds. The van der Waals surface area contributed by atoms with E-state index in [1.807, 2.05) is 0 Å². The van der Waals surface area contributed by atoms with Gasteiger partial charge in [0.05, 0.1) is 6.61 Å². The largest absolute Gasteiger partial charge is 0.463 e. The van der Waals surface area contributed by atoms with Crippen molar-refractivity contribution >= 4 is 23.7 Å². The number of alkyl halides is 3. The van der Waals surface area contributed by atoms with Crippen LogP contribution in [0.15, 0.2) is 67.0 Å². The van der Waals surface area contributed by atoms with Gasteiger partial charge in [0.1, 0.15) is 11.6 Å². The molecule has 12 heteroatoms. The molecule has 0 atom stereocenters. The van der Waals surface area contributed by atoms with Crippen LogP contribution < -0.4 is 5.32 Å². The molecular weight excluding hydrogens is 497 g/mol. The van der Waals surface area contributed by atoms with Gasteiger partial charge in [0.2, 0.25) is 5.95 Å². The van der Waals surface area contributed by atoms with Gasteiger partial charge in [-0.2, -0.15) is 23.3 Å². The van der Waals surface area contributed by atoms with E-state index in [2.05, 4.69) is 20.4 Å². The predicted molar refractivity (Wildman–Crippen MR) is 125 cm³/mol. The molecule has 0 saturated heterocycles. The summed E-state index contributed by atoms with van der Waals surface area (Å²) < 4.78 is 72.6. The normalized spacial score (nSPS) is 11.6. The molecule has 0 radical (unpaired) electrons. The molecule has 0 aliphatic rings. The van der Waals surface area contributed by atoms with Crippen LogP contribution in [0.4, 0.5) is 33.6 Å². The zero-order valence-electron chi connectivity index (χ0n) is 19.1. The van der Waals surface area contributed by atoms with E-state index >= 15 is 0 Å². The van der Waals surface area contributed by atoms with E-state index in [0.29, 0.717) is 22.8 Å². The van der Waals surface area contributed by atoms with Crippen LogP contribution in [0.3, 0.4) is 0 Å². The van der Waals surface area contributed by atoms with Crippen molar-refractivity contribution < 1.29 is 31.5 Å². The molecule has 37 heavy (non-hydrogen) atoms. The molecule has 2 aromatic carbocycles. The number of nitrogens with one attached hydrogen (secondary N) is 1. The Morgan fingerprint density at radius 1 is 1.11 bits per heavy atom. The van der Waals surface area contributed by atoms with Gasteiger partial charge >= 0.3 is 12.1 Å². The van der Waals surface area contributed by atoms with Gasteiger partial charge in [0, 0.05) is 35.8 Å². The second-order valence-electron chi connectivity index (χ2n) is 7.57. The summed E-state index contributed by atoms with van der Waals surface area (Å²) in [6.45, 7) is 1.90. The minimum atomic E-state index is -4.68. The minimum absolute atomic E-state index is 0.00116. The number of ether oxygens (including phenoxy) is 1. The van der Waals surface area contributed by atoms with Crippen LogP contribution >= 0.6 is 0 Å². The van der Waals surface area contributed by atoms with Crippen LogP contribution in [-0.2, 0) is 15.7 Å². The first-order valence-electron chi connectivity index (χ1n) is 10.8. The summed E-state index contributed by atoms with van der Waals surface area (Å²) in [4.78, 5) is 20.1. The first-order valence-corrected chi connectivity index (χ1v) is 10.8. The number of esters is 1. The van der Waals surface area contributed by atoms with Crippen LogP contribution in [0.5, 0.6) is 0 Å². The summed E-state index contributed by atoms with van der Waals surface area (Å²) in [5, 5.41) is 6.23. The Morgan fingerprint density at radius 2 is 1.86 bits per heavy atom. The second-order valence-corrected chi connectivity index (χ2v) is 7.57. The van der Waals surface area contributed by atoms with Crippen molar-refractivity contribution in [1.29, 1.82) is 0 Å². The topological polar surface area (TPSA) is 81.9 Å². The molecule has 4 aromatic rings. The zero-order chi connectivity index (χ0) is 26.6. The highest BCUT2D eigenvalue weighted by molar-refractivity contribution is 5.87. The van der Waals surface area contributed by atoms with Crippen molar-refractivity contribution in [1.82, 2.24) is 19.7 Å². The summed E-state index contributed by atoms with van der Waals surface area (Å²) in [6.07, 6.45) is 0.505. The van der Waals surface area contributed by atoms with Crippen LogP contribution in [-0.4, -0.2) is 32.3 Å². The number of benzene rings is 2. The van der Waals surface area contributed by atoms with Crippen molar-refractivity contribution in [2.75, 3.05) is 11.9 Å². The lowest BCUT2D eigenvalue weighted by Gasteiger charge is -2.12. The Balaban J connectivity index is 1.77. The van der Waals surface area contributed by atoms with Gasteiger partial charge in [0.15, 0.2) is 11.5 Å². The number of carbonyl (C=O) groups excluding carboxylic acids is 1. The Hall–Kier alpha value is -4.61. The van der Waals surface area contributed by atoms with E-state index in [0.717, 1.165) is 29.1 Å². The summed E-state index contributed by atoms with van der Waals surface area (Å²) in [7, 11) is 0. The molecule has 0 unspecified atom stereocenters. The average molecular weight is 515 g/mol. The third-order valence-corrected chi connectivity index (χ3v) is 4.88. The summed E-state index contributed by atoms with van der Waals surface area (Å²) >= 11 is 0. The Labute approximate surface area is 207 Å². The maximum atomic E-state index is 13.6. The highest BCUT2D eigenvalue weighted by atomic mass is 19.4. The van der Waals surface area contributed by atoms with Crippen LogP contribution in [0.1, 0.15) is 18.2 Å². The van der Waals surface area contributed by atoms with E-state index in [1.165, 1.54) is 18.3 Å². The molecule has 0 fully saturated rings. The Kier molecular flexibility index (Phi) is 7.27. The maximum absolute atomic E-state index is 13.6. The summed E-state index contributed by atoms with van der Waals surface area (Å²) in [5.41, 5.74) is 0.279. The smallest absolute Gasteiger partial charge is 0.435 e. The highest BCUT2D eigenvalue weighted by Gasteiger charge is 2.34. The van der Waals surface area contributed by atoms with Gasteiger partial charge in [-0.25, -0.2) is 23.2 Å². The van der Waals surface area contributed by atoms with E-state index in [-0.39, 0.29) is 24.1 Å². The Bertz CT molecular complexity index is 1450. The second kappa shape index (κ2) is 10.6. The van der Waals surface area contributed by atoms with Gasteiger partial charge in [-0.05, 0) is 48.4 Å². The molecule has 7 nitrogen and oxygen atoms in total. The standard InChI is InChI=1S/C25H18F5N5O2/c1-2-37-22(36)7-6-15-4-3-5-16(10-15)20-14-31-24(32-19-12-17(26)11-18(27)13-19)33-23(20)35-9-8-21(34-35)25(28,29)30/h3-14H,2H2,1H3,(H,31,32,33)/b7-6+. The maximum Gasteiger partial charge on any atom is 0.435 e. The molecule has 1 N–H and O–H groups in total. The Morgan fingerprint density at radius 3 is 2.54 bits per heavy atom. The lowest BCUT2D eigenvalue weighted by molar-refractivity contribution is -0.141. The van der Waals surface area contributed by atoms with Crippen molar-refractivity contribution in [3.8, 4) is 16.9 Å². The third kappa shape index (κ3) is 6.34. The van der Waals surface area contributed by atoms with Crippen molar-refractivity contribution in [2.45, 2.75) is 13.1 Å². The van der Waals surface area contributed by atoms with Crippen molar-refractivity contribution in [3.63, 3.8) is 0 Å². The van der Waals surface area contributed by atoms with Gasteiger partial charge < -0.3 is 10.1 Å². The monoisotopic (exact) mass is 515 g/mol. The molecule has 4 rings (SSSR count). The van der Waals surface area contributed by atoms with E-state index in [1.54, 1.807) is 31.2 Å². The van der Waals surface area contributed by atoms with Gasteiger partial charge in [-0.1, -0.05) is 18.2 Å². The van der Waals surface area contributed by atoms with Gasteiger partial charge in [-0.3, -0.25) is 0 Å². The first kappa shape index (κ1) is 25.5. The highest BCUT2D eigenvalue weighted by Crippen LogP contribution is 2.31. The molecule has 0 bridgehead atoms. The molecule has 0 aliphatic heterocycles. The molecule has 2 aromatic heterocycles. The number of nitrogens with zero attached hydrogens (tertiary/aromatic N) is 4. The third-order valence-electron chi connectivity index (χ3n) is 4.88. The summed E-state index contributed by atoms with van der Waals surface area (Å²) in [5.74, 6) is -2.37. The predicted octanol–water partition coefficient (Wildman–Crippen LogP) is 5.95. The number of carbonyl (C=O) groups is 1. The van der Waals surface area contributed by atoms with Crippen LogP contribution in [0.25, 0.3) is 23.0 Å². The van der Waals surface area contributed by atoms with E-state index < -0.39 is 29.5 Å². The first-order chi connectivity index (χ1) is 17.6. The van der Waals surface area contributed by atoms with Gasteiger partial charge in [0.25, 0.3) is 0 Å². The van der Waals surface area contributed by atoms with Gasteiger partial charge in [-0.15, -0.1) is 0 Å². The number of hydrogen-bond acceptors (Lipinski definition) is 6. The van der Waals surface area contributed by atoms with Crippen LogP contribution in [0.2, 0.25) is 0 Å². The molecular formula is C25H18F5N5O2. The lowest BCUT2D eigenvalue weighted by atomic mass is 10.0. The SMILES string of the molecule is CCOC(=O)/C=C/c1cccc(-c2cnc(Nc3cc(F)cc(F)c3)nc2-n2ccc(C(F)(F)F)n2)c1. The number of anilines is 2. The quantitative estimate of drug-likeness (QED) is 0.186. The molecule has 2 heterocycles. The zero-order valence-corrected chi connectivity index (χ0v) is 19.1. The molecule has 0 spiro atoms. The van der Waals surface area contributed by atoms with Crippen molar-refractivity contribution in [2.24, 2.45) is 0 Å². The lowest BCUT2D eigenvalue weighted by Crippen LogP contribution is -2.10. The summed E-state index contributed by atoms with van der Waals surface area (Å²) in [6, 6.07) is 10.2. The fourth-order valence-corrected chi connectivity index (χ4v) is 3.32. The van der Waals surface area contributed by atoms with E-state index in [9.17, 15) is 26.7 Å². The van der Waals surface area contributed by atoms with Crippen molar-refractivity contribution in [3.05, 3.63) is 89.9 Å². The minimum Gasteiger partial charge on any atom is -0.463 e. The number of halogens is 5. The van der Waals surface area contributed by atoms with E-state index in [4.69, 9.17) is 4.74 Å². The molecule has 190 valence electrons. The average Bonchev–Trinajstić information content (AvgIpc) is 3.34. The van der Waals surface area contributed by atoms with Crippen LogP contribution in [0, 0.1) is 11.6 Å². The molecule has 0 aliphatic carbocycles. The number of aromatic nitrogens is 4. The fourth-order valence-electron chi connectivity index (χ4n) is 3.32. The molecule has 0 saturated carbocycles. The number of rotatable bonds is 7. The fraction of sp³-hybridized carbons (Fsp3) is 0.120.